The van der Waals surface area contributed by atoms with Gasteiger partial charge in [-0.2, -0.15) is 0 Å². The van der Waals surface area contributed by atoms with E-state index in [0.29, 0.717) is 0 Å². The number of benzene rings is 1. The van der Waals surface area contributed by atoms with Crippen molar-refractivity contribution in [3.8, 4) is 0 Å². The van der Waals surface area contributed by atoms with Crippen LogP contribution in [0.25, 0.3) is 0 Å². The van der Waals surface area contributed by atoms with Gasteiger partial charge in [0.25, 0.3) is 5.91 Å². The molecule has 1 rings (SSSR count). The van der Waals surface area contributed by atoms with Gasteiger partial charge in [-0.3, -0.25) is 10.6 Å². The second-order valence-corrected chi connectivity index (χ2v) is 5.52. The van der Waals surface area contributed by atoms with Gasteiger partial charge in [-0.1, -0.05) is 20.8 Å². The van der Waals surface area contributed by atoms with E-state index in [1.165, 1.54) is 0 Å². The Kier molecular flexibility index (Phi) is 4.47. The monoisotopic (exact) mass is 271 g/mol. The number of nitrogens with one attached hydrogen (secondary N) is 2. The van der Waals surface area contributed by atoms with Crippen molar-refractivity contribution in [3.05, 3.63) is 29.3 Å². The number of halogens is 2. The molecule has 1 aromatic rings. The van der Waals surface area contributed by atoms with Crippen LogP contribution in [0.15, 0.2) is 12.1 Å². The predicted octanol–water partition coefficient (Wildman–Crippen LogP) is 2.41. The van der Waals surface area contributed by atoms with Crippen LogP contribution in [0.5, 0.6) is 0 Å². The maximum atomic E-state index is 13.5. The van der Waals surface area contributed by atoms with Crippen LogP contribution in [0.2, 0.25) is 0 Å². The molecule has 1 aromatic carbocycles. The number of rotatable bonds is 3. The lowest BCUT2D eigenvalue weighted by molar-refractivity contribution is 0.0909. The fourth-order valence-electron chi connectivity index (χ4n) is 1.34. The number of amides is 1. The zero-order valence-electron chi connectivity index (χ0n) is 11.5. The Hall–Kier alpha value is -1.69. The molecule has 0 heterocycles. The number of hydrogen-bond donors (Lipinski definition) is 3. The van der Waals surface area contributed by atoms with Crippen molar-refractivity contribution in [2.75, 3.05) is 5.43 Å². The molecular formula is C13H19F2N3O. The third-order valence-corrected chi connectivity index (χ3v) is 3.10. The quantitative estimate of drug-likeness (QED) is 0.584. The van der Waals surface area contributed by atoms with Crippen molar-refractivity contribution in [1.29, 1.82) is 0 Å². The summed E-state index contributed by atoms with van der Waals surface area (Å²) in [7, 11) is 0. The van der Waals surface area contributed by atoms with Crippen molar-refractivity contribution in [1.82, 2.24) is 5.32 Å². The molecule has 4 nitrogen and oxygen atoms in total. The van der Waals surface area contributed by atoms with Crippen LogP contribution in [0.4, 0.5) is 14.5 Å². The number of hydrogen-bond acceptors (Lipinski definition) is 3. The van der Waals surface area contributed by atoms with E-state index in [9.17, 15) is 13.6 Å². The minimum atomic E-state index is -0.906. The van der Waals surface area contributed by atoms with Gasteiger partial charge in [0.15, 0.2) is 11.6 Å². The van der Waals surface area contributed by atoms with Gasteiger partial charge in [-0.05, 0) is 24.5 Å². The first-order valence-electron chi connectivity index (χ1n) is 5.93. The molecule has 1 amide bonds. The number of nitrogens with two attached hydrogens (primary N) is 1. The molecular weight excluding hydrogens is 252 g/mol. The van der Waals surface area contributed by atoms with E-state index in [2.05, 4.69) is 5.32 Å². The van der Waals surface area contributed by atoms with Crippen LogP contribution < -0.4 is 16.6 Å². The Morgan fingerprint density at radius 2 is 1.74 bits per heavy atom. The molecule has 0 bridgehead atoms. The largest absolute Gasteiger partial charge is 0.349 e. The predicted molar refractivity (Wildman–Crippen MR) is 70.6 cm³/mol. The molecule has 0 spiro atoms. The molecule has 1 unspecified atom stereocenters. The SMILES string of the molecule is CC(NC(=O)c1cc(F)c(NN)c(F)c1)C(C)(C)C. The molecule has 4 N–H and O–H groups in total. The van der Waals surface area contributed by atoms with E-state index >= 15 is 0 Å². The smallest absolute Gasteiger partial charge is 0.251 e. The summed E-state index contributed by atoms with van der Waals surface area (Å²) < 4.78 is 27.0. The summed E-state index contributed by atoms with van der Waals surface area (Å²) >= 11 is 0. The van der Waals surface area contributed by atoms with E-state index in [0.717, 1.165) is 12.1 Å². The molecule has 0 saturated carbocycles. The van der Waals surface area contributed by atoms with E-state index in [1.54, 1.807) is 0 Å². The highest BCUT2D eigenvalue weighted by atomic mass is 19.1. The number of nitrogen functional groups attached to an aromatic ring is 1. The van der Waals surface area contributed by atoms with E-state index in [4.69, 9.17) is 5.84 Å². The Labute approximate surface area is 111 Å². The van der Waals surface area contributed by atoms with Gasteiger partial charge >= 0.3 is 0 Å². The van der Waals surface area contributed by atoms with Crippen molar-refractivity contribution in [2.45, 2.75) is 33.7 Å². The molecule has 1 atom stereocenters. The van der Waals surface area contributed by atoms with E-state index < -0.39 is 23.2 Å². The molecule has 6 heteroatoms. The normalized spacial score (nSPS) is 13.0. The van der Waals surface area contributed by atoms with Gasteiger partial charge in [0.1, 0.15) is 5.69 Å². The fraction of sp³-hybridized carbons (Fsp3) is 0.462. The third kappa shape index (κ3) is 3.64. The Morgan fingerprint density at radius 3 is 2.11 bits per heavy atom. The van der Waals surface area contributed by atoms with Crippen molar-refractivity contribution >= 4 is 11.6 Å². The summed E-state index contributed by atoms with van der Waals surface area (Å²) in [6, 6.07) is 1.75. The minimum Gasteiger partial charge on any atom is -0.349 e. The molecule has 0 aliphatic carbocycles. The van der Waals surface area contributed by atoms with Crippen LogP contribution in [0, 0.1) is 17.0 Å². The Bertz CT molecular complexity index is 460. The summed E-state index contributed by atoms with van der Waals surface area (Å²) in [4.78, 5) is 11.9. The second kappa shape index (κ2) is 5.52. The fourth-order valence-corrected chi connectivity index (χ4v) is 1.34. The first-order valence-corrected chi connectivity index (χ1v) is 5.93. The highest BCUT2D eigenvalue weighted by molar-refractivity contribution is 5.94. The zero-order valence-corrected chi connectivity index (χ0v) is 11.5. The average molecular weight is 271 g/mol. The molecule has 0 aliphatic heterocycles. The van der Waals surface area contributed by atoms with Gasteiger partial charge in [-0.15, -0.1) is 0 Å². The molecule has 0 aliphatic rings. The average Bonchev–Trinajstić information content (AvgIpc) is 2.27. The van der Waals surface area contributed by atoms with Crippen molar-refractivity contribution in [2.24, 2.45) is 11.3 Å². The van der Waals surface area contributed by atoms with Crippen LogP contribution in [0.1, 0.15) is 38.1 Å². The lowest BCUT2D eigenvalue weighted by Gasteiger charge is -2.28. The highest BCUT2D eigenvalue weighted by Gasteiger charge is 2.23. The summed E-state index contributed by atoms with van der Waals surface area (Å²) in [6.07, 6.45) is 0. The second-order valence-electron chi connectivity index (χ2n) is 5.52. The van der Waals surface area contributed by atoms with Crippen molar-refractivity contribution in [3.63, 3.8) is 0 Å². The summed E-state index contributed by atoms with van der Waals surface area (Å²) in [5.74, 6) is 2.65. The summed E-state index contributed by atoms with van der Waals surface area (Å²) in [6.45, 7) is 7.71. The highest BCUT2D eigenvalue weighted by Crippen LogP contribution is 2.21. The summed E-state index contributed by atoms with van der Waals surface area (Å²) in [5, 5.41) is 2.70. The van der Waals surface area contributed by atoms with Gasteiger partial charge in [-0.25, -0.2) is 8.78 Å². The van der Waals surface area contributed by atoms with Crippen LogP contribution in [0.3, 0.4) is 0 Å². The number of carbonyl (C=O) groups excluding carboxylic acids is 1. The summed E-state index contributed by atoms with van der Waals surface area (Å²) in [5.41, 5.74) is 1.23. The molecule has 0 radical (unpaired) electrons. The van der Waals surface area contributed by atoms with Crippen molar-refractivity contribution < 1.29 is 13.6 Å². The van der Waals surface area contributed by atoms with E-state index in [1.807, 2.05) is 33.1 Å². The maximum absolute atomic E-state index is 13.5. The van der Waals surface area contributed by atoms with Gasteiger partial charge < -0.3 is 10.7 Å². The van der Waals surface area contributed by atoms with Crippen LogP contribution in [-0.2, 0) is 0 Å². The maximum Gasteiger partial charge on any atom is 0.251 e. The number of anilines is 1. The topological polar surface area (TPSA) is 67.2 Å². The Balaban J connectivity index is 2.96. The minimum absolute atomic E-state index is 0.0786. The van der Waals surface area contributed by atoms with Crippen LogP contribution >= 0.6 is 0 Å². The number of carbonyl (C=O) groups is 1. The van der Waals surface area contributed by atoms with E-state index in [-0.39, 0.29) is 17.0 Å². The molecule has 0 saturated heterocycles. The molecule has 106 valence electrons. The first kappa shape index (κ1) is 15.4. The lowest BCUT2D eigenvalue weighted by Crippen LogP contribution is -2.41. The molecule has 19 heavy (non-hydrogen) atoms. The van der Waals surface area contributed by atoms with Gasteiger partial charge in [0.2, 0.25) is 0 Å². The Morgan fingerprint density at radius 1 is 1.26 bits per heavy atom. The first-order chi connectivity index (χ1) is 8.66. The lowest BCUT2D eigenvalue weighted by atomic mass is 9.88. The zero-order chi connectivity index (χ0) is 14.8. The third-order valence-electron chi connectivity index (χ3n) is 3.10. The number of hydrazine groups is 1. The van der Waals surface area contributed by atoms with Crippen LogP contribution in [-0.4, -0.2) is 11.9 Å². The molecule has 0 fully saturated rings. The van der Waals surface area contributed by atoms with Gasteiger partial charge in [0, 0.05) is 11.6 Å². The standard InChI is InChI=1S/C13H19F2N3O/c1-7(13(2,3)4)17-12(19)8-5-9(14)11(18-16)10(15)6-8/h5-7,18H,16H2,1-4H3,(H,17,19). The van der Waals surface area contributed by atoms with Gasteiger partial charge in [0.05, 0.1) is 0 Å². The molecule has 0 aromatic heterocycles.